The van der Waals surface area contributed by atoms with Crippen LogP contribution in [0.3, 0.4) is 0 Å². The Morgan fingerprint density at radius 3 is 2.19 bits per heavy atom. The Balaban J connectivity index is 1.79. The van der Waals surface area contributed by atoms with E-state index in [1.165, 1.54) is 11.6 Å². The summed E-state index contributed by atoms with van der Waals surface area (Å²) in [6, 6.07) is 14.4. The van der Waals surface area contributed by atoms with Crippen LogP contribution in [0.15, 0.2) is 58.3 Å². The molecule has 3 rings (SSSR count). The maximum atomic E-state index is 12.2. The van der Waals surface area contributed by atoms with Crippen LogP contribution in [-0.4, -0.2) is 36.2 Å². The highest BCUT2D eigenvalue weighted by Gasteiger charge is 2.25. The van der Waals surface area contributed by atoms with Gasteiger partial charge in [-0.25, -0.2) is 22.0 Å². The molecule has 1 fully saturated rings. The first-order chi connectivity index (χ1) is 12.6. The number of rotatable bonds is 5. The van der Waals surface area contributed by atoms with Gasteiger partial charge in [-0.05, 0) is 48.9 Å². The van der Waals surface area contributed by atoms with Crippen LogP contribution in [0.25, 0.3) is 0 Å². The minimum Gasteiger partial charge on any atom is -0.370 e. The molecule has 1 heterocycles. The molecule has 6 nitrogen and oxygen atoms in total. The predicted octanol–water partition coefficient (Wildman–Crippen LogP) is 2.20. The third kappa shape index (κ3) is 4.88. The number of hydrogen-bond acceptors (Lipinski definition) is 5. The third-order valence-electron chi connectivity index (χ3n) is 4.98. The predicted molar refractivity (Wildman–Crippen MR) is 106 cm³/mol. The fourth-order valence-electron chi connectivity index (χ4n) is 3.56. The minimum atomic E-state index is -3.96. The highest BCUT2D eigenvalue weighted by Crippen LogP contribution is 2.32. The highest BCUT2D eigenvalue weighted by molar-refractivity contribution is 7.91. The normalized spacial score (nSPS) is 16.4. The summed E-state index contributed by atoms with van der Waals surface area (Å²) >= 11 is 0. The van der Waals surface area contributed by atoms with Crippen LogP contribution < -0.4 is 10.0 Å². The molecular weight excluding hydrogens is 384 g/mol. The van der Waals surface area contributed by atoms with E-state index in [4.69, 9.17) is 5.14 Å². The average Bonchev–Trinajstić information content (AvgIpc) is 2.61. The molecule has 2 aromatic rings. The van der Waals surface area contributed by atoms with Crippen LogP contribution in [0.1, 0.15) is 18.4 Å². The summed E-state index contributed by atoms with van der Waals surface area (Å²) in [7, 11) is -7.55. The van der Waals surface area contributed by atoms with Gasteiger partial charge in [-0.3, -0.25) is 0 Å². The smallest absolute Gasteiger partial charge is 0.238 e. The summed E-state index contributed by atoms with van der Waals surface area (Å²) in [5.41, 5.74) is 1.85. The van der Waals surface area contributed by atoms with Crippen molar-refractivity contribution < 1.29 is 16.8 Å². The van der Waals surface area contributed by atoms with Crippen molar-refractivity contribution in [3.8, 4) is 0 Å². The number of sulfonamides is 1. The second kappa shape index (κ2) is 7.61. The van der Waals surface area contributed by atoms with Crippen LogP contribution in [0.2, 0.25) is 0 Å². The van der Waals surface area contributed by atoms with E-state index in [0.717, 1.165) is 44.7 Å². The van der Waals surface area contributed by atoms with Crippen molar-refractivity contribution in [3.05, 3.63) is 54.1 Å². The van der Waals surface area contributed by atoms with Gasteiger partial charge in [0.15, 0.2) is 9.84 Å². The number of piperidine rings is 1. The molecule has 0 radical (unpaired) electrons. The molecule has 0 saturated carbocycles. The molecular formula is C19H24N2O4S2. The zero-order valence-corrected chi connectivity index (χ0v) is 16.8. The number of nitrogens with two attached hydrogens (primary N) is 1. The van der Waals surface area contributed by atoms with Gasteiger partial charge < -0.3 is 4.90 Å². The summed E-state index contributed by atoms with van der Waals surface area (Å²) in [4.78, 5) is 1.84. The van der Waals surface area contributed by atoms with E-state index in [0.29, 0.717) is 11.6 Å². The molecule has 27 heavy (non-hydrogen) atoms. The zero-order valence-electron chi connectivity index (χ0n) is 15.2. The van der Waals surface area contributed by atoms with E-state index in [-0.39, 0.29) is 9.79 Å². The summed E-state index contributed by atoms with van der Waals surface area (Å²) in [5, 5.41) is 5.15. The summed E-state index contributed by atoms with van der Waals surface area (Å²) in [5.74, 6) is 0.550. The molecule has 0 amide bonds. The van der Waals surface area contributed by atoms with Crippen molar-refractivity contribution in [1.82, 2.24) is 0 Å². The summed E-state index contributed by atoms with van der Waals surface area (Å²) < 4.78 is 47.6. The Bertz CT molecular complexity index is 1010. The number of benzene rings is 2. The van der Waals surface area contributed by atoms with Crippen molar-refractivity contribution >= 4 is 25.5 Å². The molecule has 2 aromatic carbocycles. The van der Waals surface area contributed by atoms with Crippen molar-refractivity contribution in [2.45, 2.75) is 29.1 Å². The first kappa shape index (κ1) is 19.9. The Kier molecular flexibility index (Phi) is 5.60. The minimum absolute atomic E-state index is 0.00975. The van der Waals surface area contributed by atoms with Gasteiger partial charge in [0.25, 0.3) is 0 Å². The standard InChI is InChI=1S/C19H24N2O4S2/c1-26(22,23)19-14-17(27(20,24)25)7-8-18(19)21-11-9-16(10-12-21)13-15-5-3-2-4-6-15/h2-8,14,16H,9-13H2,1H3,(H2,20,24,25). The first-order valence-electron chi connectivity index (χ1n) is 8.80. The molecule has 0 bridgehead atoms. The van der Waals surface area contributed by atoms with Gasteiger partial charge in [0.1, 0.15) is 0 Å². The summed E-state index contributed by atoms with van der Waals surface area (Å²) in [6.07, 6.45) is 4.00. The van der Waals surface area contributed by atoms with Gasteiger partial charge in [0.2, 0.25) is 10.0 Å². The van der Waals surface area contributed by atoms with Crippen LogP contribution in [-0.2, 0) is 26.3 Å². The highest BCUT2D eigenvalue weighted by atomic mass is 32.2. The van der Waals surface area contributed by atoms with Gasteiger partial charge in [-0.15, -0.1) is 0 Å². The van der Waals surface area contributed by atoms with Gasteiger partial charge in [0, 0.05) is 19.3 Å². The van der Waals surface area contributed by atoms with Crippen LogP contribution in [0.4, 0.5) is 5.69 Å². The largest absolute Gasteiger partial charge is 0.370 e. The molecule has 1 aliphatic heterocycles. The van der Waals surface area contributed by atoms with Crippen molar-refractivity contribution in [2.24, 2.45) is 11.1 Å². The second-order valence-electron chi connectivity index (χ2n) is 7.07. The molecule has 8 heteroatoms. The Hall–Kier alpha value is -1.90. The quantitative estimate of drug-likeness (QED) is 0.818. The lowest BCUT2D eigenvalue weighted by Crippen LogP contribution is -2.35. The number of primary sulfonamides is 1. The molecule has 1 saturated heterocycles. The maximum absolute atomic E-state index is 12.2. The van der Waals surface area contributed by atoms with E-state index >= 15 is 0 Å². The maximum Gasteiger partial charge on any atom is 0.238 e. The lowest BCUT2D eigenvalue weighted by molar-refractivity contribution is 0.402. The van der Waals surface area contributed by atoms with E-state index in [1.54, 1.807) is 6.07 Å². The topological polar surface area (TPSA) is 97.5 Å². The molecule has 0 atom stereocenters. The number of anilines is 1. The SMILES string of the molecule is CS(=O)(=O)c1cc(S(N)(=O)=O)ccc1N1CCC(Cc2ccccc2)CC1. The Labute approximate surface area is 161 Å². The van der Waals surface area contributed by atoms with E-state index < -0.39 is 19.9 Å². The van der Waals surface area contributed by atoms with Gasteiger partial charge >= 0.3 is 0 Å². The molecule has 0 unspecified atom stereocenters. The van der Waals surface area contributed by atoms with Crippen LogP contribution >= 0.6 is 0 Å². The van der Waals surface area contributed by atoms with Crippen molar-refractivity contribution in [2.75, 3.05) is 24.2 Å². The first-order valence-corrected chi connectivity index (χ1v) is 12.2. The van der Waals surface area contributed by atoms with Crippen molar-refractivity contribution in [1.29, 1.82) is 0 Å². The van der Waals surface area contributed by atoms with E-state index in [9.17, 15) is 16.8 Å². The second-order valence-corrected chi connectivity index (χ2v) is 10.6. The van der Waals surface area contributed by atoms with Crippen molar-refractivity contribution in [3.63, 3.8) is 0 Å². The zero-order chi connectivity index (χ0) is 19.7. The third-order valence-corrected chi connectivity index (χ3v) is 7.02. The van der Waals surface area contributed by atoms with Crippen LogP contribution in [0.5, 0.6) is 0 Å². The monoisotopic (exact) mass is 408 g/mol. The molecule has 0 spiro atoms. The average molecular weight is 409 g/mol. The number of sulfone groups is 1. The number of nitrogens with zero attached hydrogens (tertiary/aromatic N) is 1. The van der Waals surface area contributed by atoms with Gasteiger partial charge in [-0.1, -0.05) is 30.3 Å². The fourth-order valence-corrected chi connectivity index (χ4v) is 5.09. The molecule has 0 aromatic heterocycles. The molecule has 2 N–H and O–H groups in total. The Morgan fingerprint density at radius 1 is 1.00 bits per heavy atom. The Morgan fingerprint density at radius 2 is 1.63 bits per heavy atom. The fraction of sp³-hybridized carbons (Fsp3) is 0.368. The molecule has 1 aliphatic rings. The van der Waals surface area contributed by atoms with Crippen LogP contribution in [0, 0.1) is 5.92 Å². The lowest BCUT2D eigenvalue weighted by Gasteiger charge is -2.34. The van der Waals surface area contributed by atoms with E-state index in [1.807, 2.05) is 23.1 Å². The van der Waals surface area contributed by atoms with E-state index in [2.05, 4.69) is 12.1 Å². The number of hydrogen-bond donors (Lipinski definition) is 1. The molecule has 0 aliphatic carbocycles. The van der Waals surface area contributed by atoms with Gasteiger partial charge in [-0.2, -0.15) is 0 Å². The summed E-state index contributed by atoms with van der Waals surface area (Å²) in [6.45, 7) is 1.46. The lowest BCUT2D eigenvalue weighted by atomic mass is 9.90. The molecule has 146 valence electrons. The van der Waals surface area contributed by atoms with Gasteiger partial charge in [0.05, 0.1) is 15.5 Å².